The Morgan fingerprint density at radius 2 is 1.81 bits per heavy atom. The Kier molecular flexibility index (Phi) is 7.01. The van der Waals surface area contributed by atoms with Gasteiger partial charge in [0.15, 0.2) is 5.84 Å². The Morgan fingerprint density at radius 3 is 2.59 bits per heavy atom. The highest BCUT2D eigenvalue weighted by molar-refractivity contribution is 8.26. The summed E-state index contributed by atoms with van der Waals surface area (Å²) in [6.07, 6.45) is 4.55. The summed E-state index contributed by atoms with van der Waals surface area (Å²) < 4.78 is 11.4. The average Bonchev–Trinajstić information content (AvgIpc) is 3.22. The highest BCUT2D eigenvalue weighted by Gasteiger charge is 2.35. The monoisotopic (exact) mass is 448 g/mol. The van der Waals surface area contributed by atoms with E-state index in [-0.39, 0.29) is 11.4 Å². The molecule has 0 bridgehead atoms. The molecule has 32 heavy (non-hydrogen) atoms. The molecule has 0 aliphatic carbocycles. The first-order valence-electron chi connectivity index (χ1n) is 10.5. The summed E-state index contributed by atoms with van der Waals surface area (Å²) in [7, 11) is 0. The number of para-hydroxylation sites is 1. The molecule has 2 aromatic carbocycles. The second kappa shape index (κ2) is 10.3. The summed E-state index contributed by atoms with van der Waals surface area (Å²) in [6.45, 7) is 2.92. The molecule has 0 aromatic heterocycles. The first-order chi connectivity index (χ1) is 15.6. The maximum atomic E-state index is 12.6. The number of benzene rings is 2. The van der Waals surface area contributed by atoms with Crippen LogP contribution in [0.1, 0.15) is 31.7 Å². The van der Waals surface area contributed by atoms with E-state index in [1.165, 1.54) is 16.8 Å². The van der Waals surface area contributed by atoms with Gasteiger partial charge in [-0.05, 0) is 60.5 Å². The van der Waals surface area contributed by atoms with Gasteiger partial charge in [-0.2, -0.15) is 15.1 Å². The van der Waals surface area contributed by atoms with Crippen molar-refractivity contribution in [3.05, 3.63) is 65.7 Å². The molecule has 2 heterocycles. The summed E-state index contributed by atoms with van der Waals surface area (Å²) in [4.78, 5) is 16.7. The third-order valence-corrected chi connectivity index (χ3v) is 5.74. The minimum absolute atomic E-state index is 0.0431. The van der Waals surface area contributed by atoms with E-state index in [0.29, 0.717) is 24.1 Å². The second-order valence-electron chi connectivity index (χ2n) is 7.20. The van der Waals surface area contributed by atoms with Gasteiger partial charge in [0.1, 0.15) is 29.8 Å². The molecule has 2 aromatic rings. The average molecular weight is 449 g/mol. The number of rotatable bonds is 9. The number of thioether (sulfide) groups is 1. The number of amidine groups is 2. The van der Waals surface area contributed by atoms with Crippen molar-refractivity contribution in [2.24, 2.45) is 10.1 Å². The van der Waals surface area contributed by atoms with Crippen LogP contribution in [0.5, 0.6) is 11.5 Å². The van der Waals surface area contributed by atoms with E-state index in [0.717, 1.165) is 35.6 Å². The summed E-state index contributed by atoms with van der Waals surface area (Å²) in [5.41, 5.74) is 0.958. The smallest absolute Gasteiger partial charge is 0.283 e. The van der Waals surface area contributed by atoms with Gasteiger partial charge in [0.05, 0.1) is 5.57 Å². The van der Waals surface area contributed by atoms with Crippen molar-refractivity contribution in [3.63, 3.8) is 0 Å². The van der Waals surface area contributed by atoms with Crippen LogP contribution < -0.4 is 9.47 Å². The molecule has 8 heteroatoms. The lowest BCUT2D eigenvalue weighted by Crippen LogP contribution is -2.35. The van der Waals surface area contributed by atoms with Crippen LogP contribution in [0.15, 0.2) is 70.3 Å². The third kappa shape index (κ3) is 5.26. The number of aliphatic imine (C=N–C) groups is 1. The Labute approximate surface area is 191 Å². The molecule has 2 aliphatic heterocycles. The number of carbonyl (C=O) groups is 1. The van der Waals surface area contributed by atoms with Crippen molar-refractivity contribution in [1.82, 2.24) is 5.01 Å². The molecule has 0 saturated heterocycles. The van der Waals surface area contributed by atoms with E-state index in [2.05, 4.69) is 17.0 Å². The predicted molar refractivity (Wildman–Crippen MR) is 128 cm³/mol. The zero-order valence-electron chi connectivity index (χ0n) is 17.8. The fourth-order valence-corrected chi connectivity index (χ4v) is 4.08. The van der Waals surface area contributed by atoms with E-state index < -0.39 is 5.91 Å². The lowest BCUT2D eigenvalue weighted by Gasteiger charge is -2.20. The number of carbonyl (C=O) groups excluding carboxylic acids is 1. The minimum atomic E-state index is -0.428. The van der Waals surface area contributed by atoms with Crippen LogP contribution in [0.25, 0.3) is 6.08 Å². The molecule has 0 atom stereocenters. The second-order valence-corrected chi connectivity index (χ2v) is 8.24. The normalized spacial score (nSPS) is 16.7. The van der Waals surface area contributed by atoms with Gasteiger partial charge in [0, 0.05) is 0 Å². The van der Waals surface area contributed by atoms with Crippen molar-refractivity contribution in [1.29, 1.82) is 5.41 Å². The topological polar surface area (TPSA) is 87.3 Å². The molecule has 4 rings (SSSR count). The summed E-state index contributed by atoms with van der Waals surface area (Å²) in [6, 6.07) is 16.9. The third-order valence-electron chi connectivity index (χ3n) is 4.77. The zero-order valence-corrected chi connectivity index (χ0v) is 18.6. The summed E-state index contributed by atoms with van der Waals surface area (Å²) in [5.74, 6) is 1.07. The fourth-order valence-electron chi connectivity index (χ4n) is 3.16. The summed E-state index contributed by atoms with van der Waals surface area (Å²) >= 11 is 1.37. The first-order valence-corrected chi connectivity index (χ1v) is 11.4. The largest absolute Gasteiger partial charge is 0.490 e. The van der Waals surface area contributed by atoms with Gasteiger partial charge in [0.2, 0.25) is 5.17 Å². The molecule has 1 amide bonds. The van der Waals surface area contributed by atoms with E-state index in [1.807, 2.05) is 54.6 Å². The number of unbranched alkanes of at least 4 members (excludes halogenated alkanes) is 1. The molecule has 0 fully saturated rings. The number of hydrogen-bond acceptors (Lipinski definition) is 6. The molecule has 0 radical (unpaired) electrons. The quantitative estimate of drug-likeness (QED) is 0.433. The van der Waals surface area contributed by atoms with Gasteiger partial charge in [0.25, 0.3) is 5.91 Å². The highest BCUT2D eigenvalue weighted by atomic mass is 32.2. The van der Waals surface area contributed by atoms with Crippen molar-refractivity contribution in [2.45, 2.75) is 26.2 Å². The maximum absolute atomic E-state index is 12.6. The molecule has 0 saturated carbocycles. The maximum Gasteiger partial charge on any atom is 0.283 e. The number of ether oxygens (including phenoxy) is 2. The van der Waals surface area contributed by atoms with Crippen LogP contribution in [-0.4, -0.2) is 40.2 Å². The summed E-state index contributed by atoms with van der Waals surface area (Å²) in [5, 5.41) is 15.7. The number of nitrogens with one attached hydrogen (secondary N) is 1. The molecule has 164 valence electrons. The van der Waals surface area contributed by atoms with Crippen LogP contribution in [-0.2, 0) is 4.79 Å². The van der Waals surface area contributed by atoms with Gasteiger partial charge in [-0.1, -0.05) is 43.7 Å². The number of nitrogens with zero attached hydrogens (tertiary/aromatic N) is 3. The van der Waals surface area contributed by atoms with Gasteiger partial charge < -0.3 is 9.47 Å². The van der Waals surface area contributed by atoms with Crippen LogP contribution in [0, 0.1) is 5.41 Å². The number of hydrogen-bond donors (Lipinski definition) is 1. The Bertz CT molecular complexity index is 1100. The van der Waals surface area contributed by atoms with Crippen LogP contribution in [0.4, 0.5) is 0 Å². The van der Waals surface area contributed by atoms with Crippen molar-refractivity contribution in [3.8, 4) is 11.5 Å². The zero-order chi connectivity index (χ0) is 22.3. The molecule has 1 N–H and O–H groups in total. The van der Waals surface area contributed by atoms with Gasteiger partial charge >= 0.3 is 0 Å². The molecule has 7 nitrogen and oxygen atoms in total. The van der Waals surface area contributed by atoms with Crippen molar-refractivity contribution in [2.75, 3.05) is 13.2 Å². The van der Waals surface area contributed by atoms with Crippen LogP contribution in [0.3, 0.4) is 0 Å². The number of fused-ring (bicyclic) bond motifs is 1. The van der Waals surface area contributed by atoms with E-state index >= 15 is 0 Å². The molecule has 2 aliphatic rings. The molecular formula is C24H24N4O3S. The lowest BCUT2D eigenvalue weighted by atomic mass is 10.1. The number of amides is 1. The van der Waals surface area contributed by atoms with Crippen LogP contribution in [0.2, 0.25) is 0 Å². The molecular weight excluding hydrogens is 424 g/mol. The van der Waals surface area contributed by atoms with Crippen molar-refractivity contribution < 1.29 is 14.3 Å². The molecule has 0 unspecified atom stereocenters. The van der Waals surface area contributed by atoms with Crippen molar-refractivity contribution >= 4 is 39.8 Å². The number of hydrazone groups is 1. The highest BCUT2D eigenvalue weighted by Crippen LogP contribution is 2.30. The van der Waals surface area contributed by atoms with E-state index in [4.69, 9.17) is 14.9 Å². The predicted octanol–water partition coefficient (Wildman–Crippen LogP) is 4.95. The standard InChI is InChI=1S/C24H24N4O3S/c1-2-3-12-21-27-28-22(25)20(23(29)26-24(28)32-21)16-17-8-7-11-19(15-17)31-14-13-30-18-9-5-4-6-10-18/h4-11,15-16,25H,2-3,12-14H2,1H3/b20-16+,25-22?. The fraction of sp³-hybridized carbons (Fsp3) is 0.250. The van der Waals surface area contributed by atoms with Gasteiger partial charge in [-0.3, -0.25) is 10.2 Å². The molecule has 0 spiro atoms. The minimum Gasteiger partial charge on any atom is -0.490 e. The Balaban J connectivity index is 1.41. The van der Waals surface area contributed by atoms with E-state index in [1.54, 1.807) is 6.08 Å². The Morgan fingerprint density at radius 1 is 1.06 bits per heavy atom. The Hall–Kier alpha value is -3.39. The lowest BCUT2D eigenvalue weighted by molar-refractivity contribution is -0.114. The van der Waals surface area contributed by atoms with Crippen LogP contribution >= 0.6 is 11.8 Å². The first kappa shape index (κ1) is 21.8. The SMILES string of the molecule is CCCCC1=NN2C(=N)/C(=C\c3cccc(OCCOc4ccccc4)c3)C(=O)N=C2S1. The van der Waals surface area contributed by atoms with E-state index in [9.17, 15) is 4.79 Å². The van der Waals surface area contributed by atoms with Gasteiger partial charge in [-0.25, -0.2) is 0 Å². The van der Waals surface area contributed by atoms with Gasteiger partial charge in [-0.15, -0.1) is 0 Å².